The predicted molar refractivity (Wildman–Crippen MR) is 86.2 cm³/mol. The number of nitrogens with zero attached hydrogens (tertiary/aromatic N) is 2. The molecule has 1 aromatic rings. The second kappa shape index (κ2) is 7.53. The molecule has 1 fully saturated rings. The molecule has 1 aliphatic rings. The molecule has 0 amide bonds. The Bertz CT molecular complexity index is 580. The molecule has 0 spiro atoms. The molecule has 1 saturated heterocycles. The van der Waals surface area contributed by atoms with Gasteiger partial charge in [0.25, 0.3) is 10.2 Å². The molecule has 22 heavy (non-hydrogen) atoms. The molecular formula is C16H25FN2O2S. The summed E-state index contributed by atoms with van der Waals surface area (Å²) in [5.74, 6) is 0.212. The Kier molecular flexibility index (Phi) is 5.94. The normalized spacial score (nSPS) is 18.0. The van der Waals surface area contributed by atoms with Crippen molar-refractivity contribution < 1.29 is 12.8 Å². The summed E-state index contributed by atoms with van der Waals surface area (Å²) in [5.41, 5.74) is 0.991. The number of benzene rings is 1. The number of hydrogen-bond donors (Lipinski definition) is 0. The summed E-state index contributed by atoms with van der Waals surface area (Å²) in [4.78, 5) is 0. The van der Waals surface area contributed by atoms with Gasteiger partial charge in [-0.1, -0.05) is 26.0 Å². The van der Waals surface area contributed by atoms with Gasteiger partial charge in [0.2, 0.25) is 0 Å². The average Bonchev–Trinajstić information content (AvgIpc) is 2.49. The van der Waals surface area contributed by atoms with E-state index in [0.29, 0.717) is 32.1 Å². The van der Waals surface area contributed by atoms with Crippen LogP contribution in [-0.4, -0.2) is 43.2 Å². The summed E-state index contributed by atoms with van der Waals surface area (Å²) < 4.78 is 41.2. The van der Waals surface area contributed by atoms with Gasteiger partial charge in [0.15, 0.2) is 0 Å². The summed E-state index contributed by atoms with van der Waals surface area (Å²) in [6, 6.07) is 6.68. The van der Waals surface area contributed by atoms with Gasteiger partial charge in [0.05, 0.1) is 0 Å². The molecule has 6 heteroatoms. The number of hydrogen-bond acceptors (Lipinski definition) is 2. The smallest absolute Gasteiger partial charge is 0.207 e. The van der Waals surface area contributed by atoms with Crippen LogP contribution >= 0.6 is 0 Å². The lowest BCUT2D eigenvalue weighted by Gasteiger charge is -2.34. The maximum atomic E-state index is 13.2. The first-order chi connectivity index (χ1) is 10.5. The zero-order valence-electron chi connectivity index (χ0n) is 13.3. The van der Waals surface area contributed by atoms with Crippen molar-refractivity contribution in [1.82, 2.24) is 8.61 Å². The van der Waals surface area contributed by atoms with Crippen LogP contribution in [-0.2, 0) is 16.6 Å². The molecule has 1 aliphatic heterocycles. The van der Waals surface area contributed by atoms with Gasteiger partial charge in [-0.15, -0.1) is 0 Å². The second-order valence-electron chi connectivity index (χ2n) is 5.77. The van der Waals surface area contributed by atoms with E-state index in [1.165, 1.54) is 10.4 Å². The largest absolute Gasteiger partial charge is 0.281 e. The Hall–Kier alpha value is -0.980. The van der Waals surface area contributed by atoms with Crippen molar-refractivity contribution in [1.29, 1.82) is 0 Å². The molecular weight excluding hydrogens is 303 g/mol. The zero-order chi connectivity index (χ0) is 16.2. The monoisotopic (exact) mass is 328 g/mol. The number of rotatable bonds is 6. The van der Waals surface area contributed by atoms with Crippen molar-refractivity contribution in [3.8, 4) is 0 Å². The van der Waals surface area contributed by atoms with Crippen molar-refractivity contribution in [2.24, 2.45) is 5.92 Å². The SMILES string of the molecule is CCN(CC)S(=O)(=O)N1CCC(Cc2cccc(F)c2)CC1. The topological polar surface area (TPSA) is 40.6 Å². The number of halogens is 1. The molecule has 1 heterocycles. The van der Waals surface area contributed by atoms with E-state index in [0.717, 1.165) is 24.8 Å². The van der Waals surface area contributed by atoms with Crippen LogP contribution in [0.1, 0.15) is 32.3 Å². The summed E-state index contributed by atoms with van der Waals surface area (Å²) >= 11 is 0. The highest BCUT2D eigenvalue weighted by molar-refractivity contribution is 7.86. The standard InChI is InChI=1S/C16H25FN2O2S/c1-3-18(4-2)22(20,21)19-10-8-14(9-11-19)12-15-6-5-7-16(17)13-15/h5-7,13-14H,3-4,8-12H2,1-2H3. The van der Waals surface area contributed by atoms with Crippen LogP contribution in [0.4, 0.5) is 4.39 Å². The summed E-state index contributed by atoms with van der Waals surface area (Å²) in [6.07, 6.45) is 2.48. The van der Waals surface area contributed by atoms with E-state index in [9.17, 15) is 12.8 Å². The van der Waals surface area contributed by atoms with Crippen molar-refractivity contribution >= 4 is 10.2 Å². The highest BCUT2D eigenvalue weighted by atomic mass is 32.2. The Morgan fingerprint density at radius 2 is 1.86 bits per heavy atom. The van der Waals surface area contributed by atoms with Gasteiger partial charge in [-0.05, 0) is 42.9 Å². The summed E-state index contributed by atoms with van der Waals surface area (Å²) in [7, 11) is -3.32. The Balaban J connectivity index is 1.93. The van der Waals surface area contributed by atoms with Crippen molar-refractivity contribution in [2.75, 3.05) is 26.2 Å². The van der Waals surface area contributed by atoms with Crippen LogP contribution in [0.2, 0.25) is 0 Å². The van der Waals surface area contributed by atoms with E-state index in [1.54, 1.807) is 16.4 Å². The van der Waals surface area contributed by atoms with Gasteiger partial charge in [0, 0.05) is 26.2 Å². The van der Waals surface area contributed by atoms with E-state index >= 15 is 0 Å². The molecule has 1 aromatic carbocycles. The zero-order valence-corrected chi connectivity index (χ0v) is 14.2. The molecule has 0 aliphatic carbocycles. The Labute approximate surface area is 133 Å². The Morgan fingerprint density at radius 3 is 2.41 bits per heavy atom. The Morgan fingerprint density at radius 1 is 1.23 bits per heavy atom. The van der Waals surface area contributed by atoms with Gasteiger partial charge in [-0.3, -0.25) is 0 Å². The molecule has 0 saturated carbocycles. The van der Waals surface area contributed by atoms with E-state index in [2.05, 4.69) is 0 Å². The fraction of sp³-hybridized carbons (Fsp3) is 0.625. The summed E-state index contributed by atoms with van der Waals surface area (Å²) in [6.45, 7) is 5.83. The highest BCUT2D eigenvalue weighted by Gasteiger charge is 2.31. The third-order valence-electron chi connectivity index (χ3n) is 4.34. The van der Waals surface area contributed by atoms with Crippen LogP contribution in [0.3, 0.4) is 0 Å². The quantitative estimate of drug-likeness (QED) is 0.805. The first-order valence-electron chi connectivity index (χ1n) is 7.97. The van der Waals surface area contributed by atoms with Gasteiger partial charge in [-0.25, -0.2) is 4.39 Å². The third kappa shape index (κ3) is 4.06. The van der Waals surface area contributed by atoms with Gasteiger partial charge >= 0.3 is 0 Å². The molecule has 0 radical (unpaired) electrons. The minimum atomic E-state index is -3.32. The molecule has 4 nitrogen and oxygen atoms in total. The molecule has 0 atom stereocenters. The first kappa shape index (κ1) is 17.4. The minimum absolute atomic E-state index is 0.209. The van der Waals surface area contributed by atoms with Crippen LogP contribution in [0.15, 0.2) is 24.3 Å². The van der Waals surface area contributed by atoms with E-state index in [1.807, 2.05) is 19.9 Å². The predicted octanol–water partition coefficient (Wildman–Crippen LogP) is 2.67. The van der Waals surface area contributed by atoms with Crippen LogP contribution < -0.4 is 0 Å². The lowest BCUT2D eigenvalue weighted by Crippen LogP contribution is -2.47. The van der Waals surface area contributed by atoms with Crippen molar-refractivity contribution in [3.05, 3.63) is 35.6 Å². The maximum absolute atomic E-state index is 13.2. The lowest BCUT2D eigenvalue weighted by atomic mass is 9.91. The molecule has 0 unspecified atom stereocenters. The third-order valence-corrected chi connectivity index (χ3v) is 6.53. The average molecular weight is 328 g/mol. The van der Waals surface area contributed by atoms with Crippen molar-refractivity contribution in [2.45, 2.75) is 33.1 Å². The van der Waals surface area contributed by atoms with Crippen molar-refractivity contribution in [3.63, 3.8) is 0 Å². The van der Waals surface area contributed by atoms with Crippen LogP contribution in [0.25, 0.3) is 0 Å². The number of piperidine rings is 1. The van der Waals surface area contributed by atoms with Gasteiger partial charge in [0.1, 0.15) is 5.82 Å². The summed E-state index contributed by atoms with van der Waals surface area (Å²) in [5, 5.41) is 0. The van der Waals surface area contributed by atoms with E-state index < -0.39 is 10.2 Å². The molecule has 0 aromatic heterocycles. The molecule has 0 N–H and O–H groups in total. The minimum Gasteiger partial charge on any atom is -0.207 e. The first-order valence-corrected chi connectivity index (χ1v) is 9.36. The lowest BCUT2D eigenvalue weighted by molar-refractivity contribution is 0.255. The maximum Gasteiger partial charge on any atom is 0.281 e. The van der Waals surface area contributed by atoms with E-state index in [-0.39, 0.29) is 5.82 Å². The molecule has 0 bridgehead atoms. The van der Waals surface area contributed by atoms with Crippen LogP contribution in [0, 0.1) is 11.7 Å². The second-order valence-corrected chi connectivity index (χ2v) is 7.70. The van der Waals surface area contributed by atoms with Crippen LogP contribution in [0.5, 0.6) is 0 Å². The van der Waals surface area contributed by atoms with E-state index in [4.69, 9.17) is 0 Å². The van der Waals surface area contributed by atoms with Gasteiger partial charge < -0.3 is 0 Å². The van der Waals surface area contributed by atoms with Gasteiger partial charge in [-0.2, -0.15) is 17.0 Å². The highest BCUT2D eigenvalue weighted by Crippen LogP contribution is 2.24. The molecule has 2 rings (SSSR count). The fourth-order valence-electron chi connectivity index (χ4n) is 3.05. The fourth-order valence-corrected chi connectivity index (χ4v) is 4.71. The molecule has 124 valence electrons.